The first kappa shape index (κ1) is 11.9. The molecule has 5 heteroatoms. The summed E-state index contributed by atoms with van der Waals surface area (Å²) in [7, 11) is 1.64. The number of amides is 1. The highest BCUT2D eigenvalue weighted by atomic mass is 35.5. The second-order valence-electron chi connectivity index (χ2n) is 3.73. The van der Waals surface area contributed by atoms with Crippen LogP contribution < -0.4 is 5.32 Å². The number of para-hydroxylation sites is 2. The molecule has 1 amide bonds. The first-order valence-electron chi connectivity index (χ1n) is 5.47. The predicted molar refractivity (Wildman–Crippen MR) is 68.0 cm³/mol. The molecule has 4 nitrogen and oxygen atoms in total. The summed E-state index contributed by atoms with van der Waals surface area (Å²) in [6.45, 7) is 0.599. The van der Waals surface area contributed by atoms with Crippen molar-refractivity contribution in [1.29, 1.82) is 0 Å². The van der Waals surface area contributed by atoms with E-state index in [1.807, 2.05) is 28.8 Å². The van der Waals surface area contributed by atoms with Crippen LogP contribution in [-0.2, 0) is 17.2 Å². The van der Waals surface area contributed by atoms with E-state index in [4.69, 9.17) is 11.6 Å². The maximum Gasteiger partial charge on any atom is 0.221 e. The molecule has 1 N–H and O–H groups in total. The van der Waals surface area contributed by atoms with Gasteiger partial charge in [-0.25, -0.2) is 4.98 Å². The van der Waals surface area contributed by atoms with E-state index in [9.17, 15) is 4.79 Å². The van der Waals surface area contributed by atoms with Gasteiger partial charge in [-0.3, -0.25) is 4.79 Å². The van der Waals surface area contributed by atoms with Crippen molar-refractivity contribution in [2.24, 2.45) is 0 Å². The number of aryl methyl sites for hydroxylation is 1. The number of carbonyl (C=O) groups is 1. The van der Waals surface area contributed by atoms with E-state index in [2.05, 4.69) is 10.3 Å². The summed E-state index contributed by atoms with van der Waals surface area (Å²) in [5.74, 6) is 1.17. The third kappa shape index (κ3) is 2.42. The van der Waals surface area contributed by atoms with Crippen molar-refractivity contribution in [2.75, 3.05) is 7.05 Å². The van der Waals surface area contributed by atoms with Gasteiger partial charge in [-0.05, 0) is 12.1 Å². The molecule has 0 aliphatic carbocycles. The van der Waals surface area contributed by atoms with Crippen LogP contribution in [0.1, 0.15) is 12.2 Å². The zero-order chi connectivity index (χ0) is 12.3. The highest BCUT2D eigenvalue weighted by molar-refractivity contribution is 6.16. The van der Waals surface area contributed by atoms with Crippen molar-refractivity contribution in [3.05, 3.63) is 30.1 Å². The van der Waals surface area contributed by atoms with Gasteiger partial charge in [0, 0.05) is 20.0 Å². The molecule has 0 atom stereocenters. The van der Waals surface area contributed by atoms with Crippen molar-refractivity contribution in [1.82, 2.24) is 14.9 Å². The molecular weight excluding hydrogens is 238 g/mol. The molecule has 0 unspecified atom stereocenters. The molecule has 0 saturated carbocycles. The number of fused-ring (bicyclic) bond motifs is 1. The smallest absolute Gasteiger partial charge is 0.221 e. The minimum atomic E-state index is 0.0169. The lowest BCUT2D eigenvalue weighted by atomic mass is 10.3. The van der Waals surface area contributed by atoms with Gasteiger partial charge in [-0.15, -0.1) is 11.6 Å². The third-order valence-corrected chi connectivity index (χ3v) is 2.93. The van der Waals surface area contributed by atoms with Crippen LogP contribution >= 0.6 is 11.6 Å². The Morgan fingerprint density at radius 1 is 1.47 bits per heavy atom. The van der Waals surface area contributed by atoms with E-state index >= 15 is 0 Å². The molecule has 2 aromatic rings. The molecule has 17 heavy (non-hydrogen) atoms. The van der Waals surface area contributed by atoms with Gasteiger partial charge in [0.05, 0.1) is 16.9 Å². The minimum absolute atomic E-state index is 0.0169. The summed E-state index contributed by atoms with van der Waals surface area (Å²) in [5, 5.41) is 2.61. The Bertz CT molecular complexity index is 536. The Hall–Kier alpha value is -1.55. The highest BCUT2D eigenvalue weighted by Gasteiger charge is 2.10. The van der Waals surface area contributed by atoms with Crippen LogP contribution in [0.15, 0.2) is 24.3 Å². The molecular formula is C12H14ClN3O. The van der Waals surface area contributed by atoms with Gasteiger partial charge >= 0.3 is 0 Å². The number of nitrogens with zero attached hydrogens (tertiary/aromatic N) is 2. The lowest BCUT2D eigenvalue weighted by Gasteiger charge is -2.06. The van der Waals surface area contributed by atoms with Gasteiger partial charge in [0.25, 0.3) is 0 Å². The first-order valence-corrected chi connectivity index (χ1v) is 6.00. The number of halogens is 1. The zero-order valence-electron chi connectivity index (χ0n) is 9.61. The summed E-state index contributed by atoms with van der Waals surface area (Å²) in [5.41, 5.74) is 1.94. The quantitative estimate of drug-likeness (QED) is 0.844. The van der Waals surface area contributed by atoms with Crippen molar-refractivity contribution in [3.63, 3.8) is 0 Å². The van der Waals surface area contributed by atoms with Crippen LogP contribution in [0.2, 0.25) is 0 Å². The summed E-state index contributed by atoms with van der Waals surface area (Å²) in [4.78, 5) is 15.7. The summed E-state index contributed by atoms with van der Waals surface area (Å²) < 4.78 is 2.00. The largest absolute Gasteiger partial charge is 0.359 e. The molecule has 0 aliphatic heterocycles. The average molecular weight is 252 g/mol. The fraction of sp³-hybridized carbons (Fsp3) is 0.333. The second-order valence-corrected chi connectivity index (χ2v) is 3.99. The van der Waals surface area contributed by atoms with Crippen LogP contribution in [0.25, 0.3) is 11.0 Å². The maximum atomic E-state index is 11.3. The summed E-state index contributed by atoms with van der Waals surface area (Å²) in [6.07, 6.45) is 0.431. The Balaban J connectivity index is 2.33. The Kier molecular flexibility index (Phi) is 3.64. The predicted octanol–water partition coefficient (Wildman–Crippen LogP) is 1.91. The lowest BCUT2D eigenvalue weighted by molar-refractivity contribution is -0.120. The maximum absolute atomic E-state index is 11.3. The third-order valence-electron chi connectivity index (χ3n) is 2.69. The second kappa shape index (κ2) is 5.19. The van der Waals surface area contributed by atoms with Gasteiger partial charge in [0.1, 0.15) is 5.82 Å². The van der Waals surface area contributed by atoms with Crippen LogP contribution in [-0.4, -0.2) is 22.5 Å². The standard InChI is InChI=1S/C12H14ClN3O/c1-14-12(17)6-7-16-10-5-3-2-4-9(10)15-11(16)8-13/h2-5H,6-8H2,1H3,(H,14,17). The van der Waals surface area contributed by atoms with Crippen LogP contribution in [0.4, 0.5) is 0 Å². The molecule has 2 rings (SSSR count). The lowest BCUT2D eigenvalue weighted by Crippen LogP contribution is -2.19. The first-order chi connectivity index (χ1) is 8.26. The normalized spacial score (nSPS) is 10.7. The number of carbonyl (C=O) groups excluding carboxylic acids is 1. The molecule has 0 fully saturated rings. The highest BCUT2D eigenvalue weighted by Crippen LogP contribution is 2.17. The molecule has 1 aromatic heterocycles. The molecule has 1 heterocycles. The van der Waals surface area contributed by atoms with Gasteiger partial charge in [0.15, 0.2) is 0 Å². The topological polar surface area (TPSA) is 46.9 Å². The monoisotopic (exact) mass is 251 g/mol. The van der Waals surface area contributed by atoms with Gasteiger partial charge in [-0.1, -0.05) is 12.1 Å². The SMILES string of the molecule is CNC(=O)CCn1c(CCl)nc2ccccc21. The molecule has 0 aliphatic rings. The fourth-order valence-corrected chi connectivity index (χ4v) is 2.02. The number of nitrogens with one attached hydrogen (secondary N) is 1. The van der Waals surface area contributed by atoms with Crippen LogP contribution in [0.3, 0.4) is 0 Å². The van der Waals surface area contributed by atoms with E-state index in [0.717, 1.165) is 16.9 Å². The Morgan fingerprint density at radius 2 is 2.24 bits per heavy atom. The number of hydrogen-bond acceptors (Lipinski definition) is 2. The van der Waals surface area contributed by atoms with Crippen LogP contribution in [0.5, 0.6) is 0 Å². The number of hydrogen-bond donors (Lipinski definition) is 1. The number of rotatable bonds is 4. The summed E-state index contributed by atoms with van der Waals surface area (Å²) >= 11 is 5.87. The fourth-order valence-electron chi connectivity index (χ4n) is 1.82. The van der Waals surface area contributed by atoms with E-state index in [1.165, 1.54) is 0 Å². The Labute approximate surface area is 105 Å². The van der Waals surface area contributed by atoms with Crippen molar-refractivity contribution in [2.45, 2.75) is 18.8 Å². The van der Waals surface area contributed by atoms with Gasteiger partial charge < -0.3 is 9.88 Å². The van der Waals surface area contributed by atoms with Crippen molar-refractivity contribution in [3.8, 4) is 0 Å². The molecule has 0 radical (unpaired) electrons. The number of imidazole rings is 1. The zero-order valence-corrected chi connectivity index (χ0v) is 10.4. The van der Waals surface area contributed by atoms with Crippen LogP contribution in [0, 0.1) is 0 Å². The minimum Gasteiger partial charge on any atom is -0.359 e. The van der Waals surface area contributed by atoms with E-state index in [0.29, 0.717) is 18.8 Å². The number of benzene rings is 1. The number of aromatic nitrogens is 2. The number of alkyl halides is 1. The van der Waals surface area contributed by atoms with Gasteiger partial charge in [0.2, 0.25) is 5.91 Å². The summed E-state index contributed by atoms with van der Waals surface area (Å²) in [6, 6.07) is 7.83. The van der Waals surface area contributed by atoms with E-state index in [-0.39, 0.29) is 5.91 Å². The molecule has 0 saturated heterocycles. The van der Waals surface area contributed by atoms with Crippen molar-refractivity contribution >= 4 is 28.5 Å². The molecule has 90 valence electrons. The molecule has 0 bridgehead atoms. The molecule has 0 spiro atoms. The van der Waals surface area contributed by atoms with Crippen molar-refractivity contribution < 1.29 is 4.79 Å². The molecule has 1 aromatic carbocycles. The van der Waals surface area contributed by atoms with E-state index < -0.39 is 0 Å². The average Bonchev–Trinajstić information content (AvgIpc) is 2.73. The van der Waals surface area contributed by atoms with E-state index in [1.54, 1.807) is 7.05 Å². The van der Waals surface area contributed by atoms with Gasteiger partial charge in [-0.2, -0.15) is 0 Å². The Morgan fingerprint density at radius 3 is 2.94 bits per heavy atom.